The number of ether oxygens (including phenoxy) is 1. The van der Waals surface area contributed by atoms with E-state index in [0.717, 1.165) is 42.4 Å². The van der Waals surface area contributed by atoms with Crippen LogP contribution < -0.4 is 5.32 Å². The first-order valence-corrected chi connectivity index (χ1v) is 11.2. The summed E-state index contributed by atoms with van der Waals surface area (Å²) in [5.41, 5.74) is 4.53. The molecule has 0 bridgehead atoms. The Labute approximate surface area is 189 Å². The normalized spacial score (nSPS) is 10.7. The molecular formula is C27H31NO4. The molecule has 3 aromatic rings. The molecule has 168 valence electrons. The van der Waals surface area contributed by atoms with Gasteiger partial charge in [-0.2, -0.15) is 0 Å². The molecule has 1 heterocycles. The Morgan fingerprint density at radius 2 is 1.66 bits per heavy atom. The molecule has 0 atom stereocenters. The molecular weight excluding hydrogens is 402 g/mol. The van der Waals surface area contributed by atoms with Crippen molar-refractivity contribution in [3.63, 3.8) is 0 Å². The maximum Gasteiger partial charge on any atom is 0.305 e. The first kappa shape index (κ1) is 23.3. The van der Waals surface area contributed by atoms with Crippen molar-refractivity contribution in [1.82, 2.24) is 5.32 Å². The van der Waals surface area contributed by atoms with E-state index in [2.05, 4.69) is 41.2 Å². The van der Waals surface area contributed by atoms with Crippen LogP contribution in [0, 0.1) is 6.92 Å². The van der Waals surface area contributed by atoms with Crippen molar-refractivity contribution < 1.29 is 18.7 Å². The van der Waals surface area contributed by atoms with E-state index in [9.17, 15) is 9.59 Å². The third-order valence-electron chi connectivity index (χ3n) is 5.57. The van der Waals surface area contributed by atoms with Gasteiger partial charge in [-0.25, -0.2) is 0 Å². The molecule has 5 nitrogen and oxygen atoms in total. The molecule has 1 N–H and O–H groups in total. The predicted octanol–water partition coefficient (Wildman–Crippen LogP) is 5.95. The number of carbonyl (C=O) groups excluding carboxylic acids is 2. The van der Waals surface area contributed by atoms with Crippen LogP contribution in [-0.4, -0.2) is 25.5 Å². The Morgan fingerprint density at radius 3 is 2.31 bits per heavy atom. The lowest BCUT2D eigenvalue weighted by atomic mass is 9.95. The van der Waals surface area contributed by atoms with Crippen LogP contribution in [0.5, 0.6) is 0 Å². The third kappa shape index (κ3) is 5.67. The summed E-state index contributed by atoms with van der Waals surface area (Å²) in [5, 5.41) is 3.02. The number of methoxy groups -OCH3 is 1. The van der Waals surface area contributed by atoms with Crippen molar-refractivity contribution in [3.05, 3.63) is 71.5 Å². The molecule has 2 aromatic carbocycles. The topological polar surface area (TPSA) is 68.5 Å². The molecule has 5 heteroatoms. The number of amides is 1. The number of rotatable bonds is 10. The van der Waals surface area contributed by atoms with E-state index < -0.39 is 0 Å². The number of aryl methyl sites for hydroxylation is 2. The van der Waals surface area contributed by atoms with Crippen LogP contribution in [0.4, 0.5) is 0 Å². The van der Waals surface area contributed by atoms with Crippen LogP contribution in [0.15, 0.2) is 59.0 Å². The standard InChI is InChI=1S/C27H31NO4/c1-4-20-14-16-21(17-15-20)25-24(19(2)32-26(25)22-11-7-5-8-12-22)27(30)28-18-10-6-9-13-23(29)31-3/h5,7-8,11-12,14-17H,4,6,9-10,13,18H2,1-3H3,(H,28,30). The molecule has 3 rings (SSSR count). The van der Waals surface area contributed by atoms with Crippen LogP contribution in [0.3, 0.4) is 0 Å². The molecule has 0 fully saturated rings. The van der Waals surface area contributed by atoms with Gasteiger partial charge in [0.1, 0.15) is 11.5 Å². The molecule has 0 aliphatic carbocycles. The average molecular weight is 434 g/mol. The van der Waals surface area contributed by atoms with Gasteiger partial charge < -0.3 is 14.5 Å². The Balaban J connectivity index is 1.82. The highest BCUT2D eigenvalue weighted by atomic mass is 16.5. The maximum atomic E-state index is 13.2. The van der Waals surface area contributed by atoms with Crippen molar-refractivity contribution in [1.29, 1.82) is 0 Å². The van der Waals surface area contributed by atoms with E-state index in [4.69, 9.17) is 4.42 Å². The van der Waals surface area contributed by atoms with E-state index in [0.29, 0.717) is 30.0 Å². The SMILES string of the molecule is CCc1ccc(-c2c(-c3ccccc3)oc(C)c2C(=O)NCCCCCC(=O)OC)cc1. The van der Waals surface area contributed by atoms with E-state index in [1.54, 1.807) is 0 Å². The second-order valence-corrected chi connectivity index (χ2v) is 7.80. The highest BCUT2D eigenvalue weighted by molar-refractivity contribution is 6.05. The van der Waals surface area contributed by atoms with Gasteiger partial charge in [0.15, 0.2) is 0 Å². The number of unbranched alkanes of at least 4 members (excludes halogenated alkanes) is 2. The van der Waals surface area contributed by atoms with Crippen LogP contribution in [0.1, 0.15) is 54.3 Å². The van der Waals surface area contributed by atoms with Crippen molar-refractivity contribution in [2.24, 2.45) is 0 Å². The molecule has 1 amide bonds. The number of hydrogen-bond donors (Lipinski definition) is 1. The van der Waals surface area contributed by atoms with Gasteiger partial charge in [-0.15, -0.1) is 0 Å². The molecule has 32 heavy (non-hydrogen) atoms. The first-order valence-electron chi connectivity index (χ1n) is 11.2. The Bertz CT molecular complexity index is 1040. The van der Waals surface area contributed by atoms with Crippen LogP contribution in [0.2, 0.25) is 0 Å². The van der Waals surface area contributed by atoms with Gasteiger partial charge in [-0.1, -0.05) is 67.9 Å². The summed E-state index contributed by atoms with van der Waals surface area (Å²) >= 11 is 0. The van der Waals surface area contributed by atoms with Crippen molar-refractivity contribution >= 4 is 11.9 Å². The van der Waals surface area contributed by atoms with Crippen molar-refractivity contribution in [2.75, 3.05) is 13.7 Å². The minimum Gasteiger partial charge on any atom is -0.469 e. The molecule has 0 spiro atoms. The number of esters is 1. The van der Waals surface area contributed by atoms with Crippen molar-refractivity contribution in [2.45, 2.75) is 46.0 Å². The summed E-state index contributed by atoms with van der Waals surface area (Å²) in [6, 6.07) is 18.2. The van der Waals surface area contributed by atoms with E-state index in [1.165, 1.54) is 12.7 Å². The lowest BCUT2D eigenvalue weighted by Crippen LogP contribution is -2.25. The minimum atomic E-state index is -0.199. The fourth-order valence-electron chi connectivity index (χ4n) is 3.76. The second kappa shape index (κ2) is 11.3. The average Bonchev–Trinajstić information content (AvgIpc) is 3.18. The van der Waals surface area contributed by atoms with Gasteiger partial charge in [0.25, 0.3) is 5.91 Å². The molecule has 0 saturated heterocycles. The largest absolute Gasteiger partial charge is 0.469 e. The molecule has 0 aliphatic heterocycles. The molecule has 0 unspecified atom stereocenters. The highest BCUT2D eigenvalue weighted by Gasteiger charge is 2.25. The van der Waals surface area contributed by atoms with Crippen LogP contribution >= 0.6 is 0 Å². The minimum absolute atomic E-state index is 0.143. The quantitative estimate of drug-likeness (QED) is 0.317. The Kier molecular flexibility index (Phi) is 8.26. The van der Waals surface area contributed by atoms with Gasteiger partial charge in [-0.3, -0.25) is 9.59 Å². The highest BCUT2D eigenvalue weighted by Crippen LogP contribution is 2.39. The van der Waals surface area contributed by atoms with Gasteiger partial charge in [0.2, 0.25) is 0 Å². The van der Waals surface area contributed by atoms with E-state index in [-0.39, 0.29) is 11.9 Å². The fourth-order valence-corrected chi connectivity index (χ4v) is 3.76. The summed E-state index contributed by atoms with van der Waals surface area (Å²) < 4.78 is 10.8. The molecule has 1 aromatic heterocycles. The predicted molar refractivity (Wildman–Crippen MR) is 127 cm³/mol. The maximum absolute atomic E-state index is 13.2. The first-order chi connectivity index (χ1) is 15.5. The smallest absolute Gasteiger partial charge is 0.305 e. The summed E-state index contributed by atoms with van der Waals surface area (Å²) in [7, 11) is 1.40. The summed E-state index contributed by atoms with van der Waals surface area (Å²) in [6.45, 7) is 4.50. The zero-order valence-corrected chi connectivity index (χ0v) is 19.1. The number of nitrogens with one attached hydrogen (secondary N) is 1. The Hall–Kier alpha value is -3.34. The van der Waals surface area contributed by atoms with Gasteiger partial charge in [-0.05, 0) is 37.3 Å². The molecule has 0 saturated carbocycles. The number of furan rings is 1. The van der Waals surface area contributed by atoms with Gasteiger partial charge in [0.05, 0.1) is 12.7 Å². The molecule has 0 aliphatic rings. The third-order valence-corrected chi connectivity index (χ3v) is 5.57. The summed E-state index contributed by atoms with van der Waals surface area (Å²) in [6.07, 6.45) is 3.76. The number of carbonyl (C=O) groups is 2. The van der Waals surface area contributed by atoms with Gasteiger partial charge in [0, 0.05) is 24.1 Å². The number of hydrogen-bond acceptors (Lipinski definition) is 4. The fraction of sp³-hybridized carbons (Fsp3) is 0.333. The summed E-state index contributed by atoms with van der Waals surface area (Å²) in [4.78, 5) is 24.4. The lowest BCUT2D eigenvalue weighted by molar-refractivity contribution is -0.140. The van der Waals surface area contributed by atoms with Crippen molar-refractivity contribution in [3.8, 4) is 22.5 Å². The number of benzene rings is 2. The van der Waals surface area contributed by atoms with E-state index in [1.807, 2.05) is 37.3 Å². The zero-order chi connectivity index (χ0) is 22.9. The molecule has 0 radical (unpaired) electrons. The lowest BCUT2D eigenvalue weighted by Gasteiger charge is -2.09. The second-order valence-electron chi connectivity index (χ2n) is 7.80. The van der Waals surface area contributed by atoms with Crippen LogP contribution in [0.25, 0.3) is 22.5 Å². The Morgan fingerprint density at radius 1 is 0.938 bits per heavy atom. The summed E-state index contributed by atoms with van der Waals surface area (Å²) in [5.74, 6) is 0.961. The zero-order valence-electron chi connectivity index (χ0n) is 19.1. The van der Waals surface area contributed by atoms with Gasteiger partial charge >= 0.3 is 5.97 Å². The van der Waals surface area contributed by atoms with E-state index >= 15 is 0 Å². The van der Waals surface area contributed by atoms with Crippen LogP contribution in [-0.2, 0) is 16.0 Å². The monoisotopic (exact) mass is 433 g/mol.